The first kappa shape index (κ1) is 16.3. The standard InChI is InChI=1S/C16H26N2O2S/c1-5-9-17-14-10-12(3)16(13(4)11-14)21(19,20)18(6-2)15-7-8-15/h10-11,15,17H,5-9H2,1-4H3. The third kappa shape index (κ3) is 3.40. The number of rotatable bonds is 7. The van der Waals surface area contributed by atoms with E-state index in [1.54, 1.807) is 4.31 Å². The molecule has 0 radical (unpaired) electrons. The number of sulfonamides is 1. The molecule has 0 heterocycles. The van der Waals surface area contributed by atoms with Crippen molar-refractivity contribution < 1.29 is 8.42 Å². The van der Waals surface area contributed by atoms with Crippen LogP contribution in [0.25, 0.3) is 0 Å². The highest BCUT2D eigenvalue weighted by molar-refractivity contribution is 7.89. The lowest BCUT2D eigenvalue weighted by Gasteiger charge is -2.23. The van der Waals surface area contributed by atoms with Gasteiger partial charge in [0.2, 0.25) is 10.0 Å². The summed E-state index contributed by atoms with van der Waals surface area (Å²) >= 11 is 0. The van der Waals surface area contributed by atoms with Crippen LogP contribution in [0.1, 0.15) is 44.2 Å². The minimum absolute atomic E-state index is 0.205. The fraction of sp³-hybridized carbons (Fsp3) is 0.625. The number of nitrogens with one attached hydrogen (secondary N) is 1. The van der Waals surface area contributed by atoms with Crippen LogP contribution in [0.5, 0.6) is 0 Å². The molecule has 0 aliphatic heterocycles. The van der Waals surface area contributed by atoms with E-state index in [9.17, 15) is 8.42 Å². The van der Waals surface area contributed by atoms with Gasteiger partial charge in [0.25, 0.3) is 0 Å². The summed E-state index contributed by atoms with van der Waals surface area (Å²) in [5, 5.41) is 3.32. The zero-order chi connectivity index (χ0) is 15.6. The van der Waals surface area contributed by atoms with Crippen molar-refractivity contribution in [1.29, 1.82) is 0 Å². The molecular formula is C16H26N2O2S. The van der Waals surface area contributed by atoms with Gasteiger partial charge in [0, 0.05) is 24.8 Å². The van der Waals surface area contributed by atoms with Gasteiger partial charge in [0.15, 0.2) is 0 Å². The lowest BCUT2D eigenvalue weighted by Crippen LogP contribution is -2.33. The van der Waals surface area contributed by atoms with E-state index in [0.717, 1.165) is 42.6 Å². The van der Waals surface area contributed by atoms with Gasteiger partial charge >= 0.3 is 0 Å². The van der Waals surface area contributed by atoms with Crippen molar-refractivity contribution in [3.63, 3.8) is 0 Å². The fourth-order valence-electron chi connectivity index (χ4n) is 2.83. The summed E-state index contributed by atoms with van der Waals surface area (Å²) in [6.45, 7) is 9.24. The van der Waals surface area contributed by atoms with Crippen LogP contribution in [0.15, 0.2) is 17.0 Å². The fourth-order valence-corrected chi connectivity index (χ4v) is 4.94. The lowest BCUT2D eigenvalue weighted by molar-refractivity contribution is 0.420. The summed E-state index contributed by atoms with van der Waals surface area (Å²) < 4.78 is 27.5. The lowest BCUT2D eigenvalue weighted by atomic mass is 10.1. The molecule has 2 rings (SSSR count). The summed E-state index contributed by atoms with van der Waals surface area (Å²) in [7, 11) is -3.38. The largest absolute Gasteiger partial charge is 0.385 e. The van der Waals surface area contributed by atoms with Gasteiger partial charge in [-0.3, -0.25) is 0 Å². The molecule has 0 aromatic heterocycles. The van der Waals surface area contributed by atoms with Gasteiger partial charge in [-0.15, -0.1) is 0 Å². The Morgan fingerprint density at radius 3 is 2.19 bits per heavy atom. The maximum atomic E-state index is 12.9. The maximum Gasteiger partial charge on any atom is 0.243 e. The molecule has 0 amide bonds. The number of anilines is 1. The van der Waals surface area contributed by atoms with E-state index in [0.29, 0.717) is 11.4 Å². The van der Waals surface area contributed by atoms with Gasteiger partial charge in [-0.1, -0.05) is 13.8 Å². The first-order chi connectivity index (χ1) is 9.91. The average molecular weight is 310 g/mol. The third-order valence-electron chi connectivity index (χ3n) is 3.87. The molecule has 5 heteroatoms. The molecule has 1 fully saturated rings. The number of hydrogen-bond acceptors (Lipinski definition) is 3. The molecule has 21 heavy (non-hydrogen) atoms. The predicted molar refractivity (Wildman–Crippen MR) is 87.3 cm³/mol. The van der Waals surface area contributed by atoms with Crippen molar-refractivity contribution >= 4 is 15.7 Å². The maximum absolute atomic E-state index is 12.9. The Morgan fingerprint density at radius 1 is 1.19 bits per heavy atom. The van der Waals surface area contributed by atoms with E-state index in [-0.39, 0.29) is 6.04 Å². The van der Waals surface area contributed by atoms with Gasteiger partial charge < -0.3 is 5.32 Å². The number of hydrogen-bond donors (Lipinski definition) is 1. The van der Waals surface area contributed by atoms with Crippen molar-refractivity contribution in [2.75, 3.05) is 18.4 Å². The zero-order valence-corrected chi connectivity index (χ0v) is 14.3. The van der Waals surface area contributed by atoms with Gasteiger partial charge in [0.1, 0.15) is 0 Å². The molecule has 1 N–H and O–H groups in total. The van der Waals surface area contributed by atoms with E-state index in [1.165, 1.54) is 0 Å². The second kappa shape index (κ2) is 6.36. The molecule has 1 aromatic rings. The average Bonchev–Trinajstić information content (AvgIpc) is 3.20. The Bertz CT molecular complexity index is 584. The summed E-state index contributed by atoms with van der Waals surface area (Å²) in [5.41, 5.74) is 2.65. The van der Waals surface area contributed by atoms with E-state index in [1.807, 2.05) is 32.9 Å². The molecule has 1 aromatic carbocycles. The molecule has 0 unspecified atom stereocenters. The van der Waals surface area contributed by atoms with Gasteiger partial charge in [-0.2, -0.15) is 4.31 Å². The second-order valence-corrected chi connectivity index (χ2v) is 7.63. The van der Waals surface area contributed by atoms with Crippen LogP contribution < -0.4 is 5.32 Å². The van der Waals surface area contributed by atoms with Crippen LogP contribution in [0, 0.1) is 13.8 Å². The second-order valence-electron chi connectivity index (χ2n) is 5.81. The highest BCUT2D eigenvalue weighted by atomic mass is 32.2. The van der Waals surface area contributed by atoms with Crippen LogP contribution in [-0.2, 0) is 10.0 Å². The van der Waals surface area contributed by atoms with E-state index in [4.69, 9.17) is 0 Å². The molecule has 0 spiro atoms. The Hall–Kier alpha value is -1.07. The van der Waals surface area contributed by atoms with E-state index in [2.05, 4.69) is 12.2 Å². The van der Waals surface area contributed by atoms with Crippen LogP contribution in [-0.4, -0.2) is 31.9 Å². The Morgan fingerprint density at radius 2 is 1.76 bits per heavy atom. The highest BCUT2D eigenvalue weighted by Gasteiger charge is 2.38. The number of benzene rings is 1. The minimum atomic E-state index is -3.38. The van der Waals surface area contributed by atoms with Crippen LogP contribution >= 0.6 is 0 Å². The van der Waals surface area contributed by atoms with Crippen molar-refractivity contribution in [2.45, 2.75) is 57.9 Å². The van der Waals surface area contributed by atoms with Gasteiger partial charge in [-0.25, -0.2) is 8.42 Å². The number of aryl methyl sites for hydroxylation is 2. The van der Waals surface area contributed by atoms with Gasteiger partial charge in [0.05, 0.1) is 4.90 Å². The summed E-state index contributed by atoms with van der Waals surface area (Å²) in [4.78, 5) is 0.485. The highest BCUT2D eigenvalue weighted by Crippen LogP contribution is 2.34. The van der Waals surface area contributed by atoms with Crippen molar-refractivity contribution in [3.05, 3.63) is 23.3 Å². The molecule has 118 valence electrons. The Balaban J connectivity index is 2.38. The van der Waals surface area contributed by atoms with E-state index >= 15 is 0 Å². The quantitative estimate of drug-likeness (QED) is 0.840. The molecule has 0 atom stereocenters. The molecule has 1 aliphatic rings. The van der Waals surface area contributed by atoms with Crippen molar-refractivity contribution in [3.8, 4) is 0 Å². The molecule has 1 saturated carbocycles. The SMILES string of the molecule is CCCNc1cc(C)c(S(=O)(=O)N(CC)C2CC2)c(C)c1. The molecule has 0 saturated heterocycles. The monoisotopic (exact) mass is 310 g/mol. The predicted octanol–water partition coefficient (Wildman–Crippen LogP) is 3.30. The zero-order valence-electron chi connectivity index (χ0n) is 13.4. The minimum Gasteiger partial charge on any atom is -0.385 e. The topological polar surface area (TPSA) is 49.4 Å². The summed E-state index contributed by atoms with van der Waals surface area (Å²) in [5.74, 6) is 0. The van der Waals surface area contributed by atoms with Crippen LogP contribution in [0.2, 0.25) is 0 Å². The molecule has 1 aliphatic carbocycles. The molecule has 0 bridgehead atoms. The summed E-state index contributed by atoms with van der Waals surface area (Å²) in [6, 6.07) is 4.09. The Labute approximate surface area is 128 Å². The van der Waals surface area contributed by atoms with Crippen LogP contribution in [0.3, 0.4) is 0 Å². The van der Waals surface area contributed by atoms with Crippen LogP contribution in [0.4, 0.5) is 5.69 Å². The van der Waals surface area contributed by atoms with Crippen molar-refractivity contribution in [2.24, 2.45) is 0 Å². The molecular weight excluding hydrogens is 284 g/mol. The Kier molecular flexibility index (Phi) is 4.94. The summed E-state index contributed by atoms with van der Waals surface area (Å²) in [6.07, 6.45) is 3.02. The third-order valence-corrected chi connectivity index (χ3v) is 6.21. The smallest absolute Gasteiger partial charge is 0.243 e. The first-order valence-corrected chi connectivity index (χ1v) is 9.22. The normalized spacial score (nSPS) is 15.5. The van der Waals surface area contributed by atoms with Gasteiger partial charge in [-0.05, 0) is 56.4 Å². The number of nitrogens with zero attached hydrogens (tertiary/aromatic N) is 1. The van der Waals surface area contributed by atoms with E-state index < -0.39 is 10.0 Å². The molecule has 4 nitrogen and oxygen atoms in total. The first-order valence-electron chi connectivity index (χ1n) is 7.78. The van der Waals surface area contributed by atoms with Crippen molar-refractivity contribution in [1.82, 2.24) is 4.31 Å².